The Labute approximate surface area is 103 Å². The average molecular weight is 247 g/mol. The van der Waals surface area contributed by atoms with Crippen LogP contribution in [-0.2, 0) is 4.74 Å². The van der Waals surface area contributed by atoms with Crippen molar-refractivity contribution in [1.29, 1.82) is 0 Å². The molecule has 3 N–H and O–H groups in total. The molecule has 0 aromatic heterocycles. The maximum absolute atomic E-state index is 10.2. The van der Waals surface area contributed by atoms with E-state index in [0.29, 0.717) is 12.5 Å². The van der Waals surface area contributed by atoms with Gasteiger partial charge in [-0.2, -0.15) is 11.8 Å². The Morgan fingerprint density at radius 1 is 1.50 bits per heavy atom. The molecule has 96 valence electrons. The second kappa shape index (κ2) is 7.54. The molecular weight excluding hydrogens is 222 g/mol. The van der Waals surface area contributed by atoms with Gasteiger partial charge in [0.05, 0.1) is 5.60 Å². The number of hydrogen-bond acceptors (Lipinski definition) is 4. The van der Waals surface area contributed by atoms with Gasteiger partial charge in [-0.15, -0.1) is 0 Å². The molecule has 2 unspecified atom stereocenters. The molecule has 1 aliphatic carbocycles. The van der Waals surface area contributed by atoms with Gasteiger partial charge in [-0.05, 0) is 43.1 Å². The van der Waals surface area contributed by atoms with Crippen molar-refractivity contribution < 1.29 is 9.84 Å². The molecule has 1 saturated carbocycles. The van der Waals surface area contributed by atoms with Gasteiger partial charge in [-0.1, -0.05) is 6.42 Å². The van der Waals surface area contributed by atoms with Crippen molar-refractivity contribution in [2.45, 2.75) is 37.7 Å². The predicted molar refractivity (Wildman–Crippen MR) is 69.8 cm³/mol. The zero-order valence-electron chi connectivity index (χ0n) is 10.3. The van der Waals surface area contributed by atoms with Crippen molar-refractivity contribution in [3.05, 3.63) is 0 Å². The van der Waals surface area contributed by atoms with E-state index < -0.39 is 5.60 Å². The van der Waals surface area contributed by atoms with E-state index in [2.05, 4.69) is 0 Å². The van der Waals surface area contributed by atoms with Crippen LogP contribution in [0.15, 0.2) is 0 Å². The number of nitrogens with two attached hydrogens (primary N) is 1. The van der Waals surface area contributed by atoms with Gasteiger partial charge in [0.15, 0.2) is 0 Å². The molecule has 4 heteroatoms. The Hall–Kier alpha value is 0.230. The van der Waals surface area contributed by atoms with Gasteiger partial charge in [-0.3, -0.25) is 0 Å². The van der Waals surface area contributed by atoms with Gasteiger partial charge < -0.3 is 15.6 Å². The van der Waals surface area contributed by atoms with Crippen molar-refractivity contribution in [3.63, 3.8) is 0 Å². The first-order chi connectivity index (χ1) is 7.73. The molecule has 0 amide bonds. The van der Waals surface area contributed by atoms with Crippen LogP contribution in [0.4, 0.5) is 0 Å². The Morgan fingerprint density at radius 3 is 3.00 bits per heavy atom. The molecule has 0 aromatic carbocycles. The quantitative estimate of drug-likeness (QED) is 0.640. The maximum Gasteiger partial charge on any atom is 0.0797 e. The Bertz CT molecular complexity index is 192. The van der Waals surface area contributed by atoms with Crippen LogP contribution in [-0.4, -0.2) is 42.5 Å². The number of methoxy groups -OCH3 is 1. The molecule has 0 heterocycles. The second-order valence-corrected chi connectivity index (χ2v) is 5.87. The summed E-state index contributed by atoms with van der Waals surface area (Å²) in [6.45, 7) is 1.27. The first-order valence-electron chi connectivity index (χ1n) is 6.22. The molecule has 0 spiro atoms. The van der Waals surface area contributed by atoms with E-state index >= 15 is 0 Å². The van der Waals surface area contributed by atoms with Gasteiger partial charge in [0, 0.05) is 20.3 Å². The van der Waals surface area contributed by atoms with Gasteiger partial charge in [0.25, 0.3) is 0 Å². The average Bonchev–Trinajstić information content (AvgIpc) is 2.66. The topological polar surface area (TPSA) is 55.5 Å². The van der Waals surface area contributed by atoms with Crippen LogP contribution in [0, 0.1) is 5.92 Å². The summed E-state index contributed by atoms with van der Waals surface area (Å²) in [5, 5.41) is 10.2. The summed E-state index contributed by atoms with van der Waals surface area (Å²) in [5.74, 6) is 2.71. The highest BCUT2D eigenvalue weighted by molar-refractivity contribution is 7.99. The number of hydrogen-bond donors (Lipinski definition) is 2. The number of aliphatic hydroxyl groups is 1. The van der Waals surface area contributed by atoms with E-state index in [9.17, 15) is 5.11 Å². The lowest BCUT2D eigenvalue weighted by atomic mass is 9.89. The SMILES string of the molecule is COCCCSCCC1CCCC1(O)CN. The first kappa shape index (κ1) is 14.3. The smallest absolute Gasteiger partial charge is 0.0797 e. The number of thioether (sulfide) groups is 1. The van der Waals surface area contributed by atoms with Crippen LogP contribution in [0.3, 0.4) is 0 Å². The minimum Gasteiger partial charge on any atom is -0.388 e. The molecule has 0 aliphatic heterocycles. The van der Waals surface area contributed by atoms with Crippen molar-refractivity contribution in [2.75, 3.05) is 31.8 Å². The lowest BCUT2D eigenvalue weighted by Gasteiger charge is -2.28. The largest absolute Gasteiger partial charge is 0.388 e. The maximum atomic E-state index is 10.2. The minimum absolute atomic E-state index is 0.423. The summed E-state index contributed by atoms with van der Waals surface area (Å²) in [7, 11) is 1.74. The molecule has 0 saturated heterocycles. The van der Waals surface area contributed by atoms with Gasteiger partial charge in [0.1, 0.15) is 0 Å². The third-order valence-electron chi connectivity index (χ3n) is 3.52. The molecule has 2 atom stereocenters. The summed E-state index contributed by atoms with van der Waals surface area (Å²) in [6.07, 6.45) is 5.39. The van der Waals surface area contributed by atoms with Crippen molar-refractivity contribution in [3.8, 4) is 0 Å². The van der Waals surface area contributed by atoms with E-state index in [1.165, 1.54) is 0 Å². The fourth-order valence-electron chi connectivity index (χ4n) is 2.44. The predicted octanol–water partition coefficient (Wildman–Crippen LogP) is 1.64. The van der Waals surface area contributed by atoms with Crippen LogP contribution in [0.5, 0.6) is 0 Å². The zero-order chi connectivity index (χ0) is 11.9. The second-order valence-electron chi connectivity index (χ2n) is 4.64. The molecule has 0 bridgehead atoms. The third kappa shape index (κ3) is 4.24. The van der Waals surface area contributed by atoms with Crippen LogP contribution in [0.2, 0.25) is 0 Å². The Balaban J connectivity index is 2.08. The van der Waals surface area contributed by atoms with E-state index in [-0.39, 0.29) is 0 Å². The van der Waals surface area contributed by atoms with Gasteiger partial charge in [0.2, 0.25) is 0 Å². The molecule has 3 nitrogen and oxygen atoms in total. The fraction of sp³-hybridized carbons (Fsp3) is 1.00. The van der Waals surface area contributed by atoms with Gasteiger partial charge in [-0.25, -0.2) is 0 Å². The molecule has 1 aliphatic rings. The summed E-state index contributed by atoms with van der Waals surface area (Å²) < 4.78 is 5.00. The Morgan fingerprint density at radius 2 is 2.31 bits per heavy atom. The zero-order valence-corrected chi connectivity index (χ0v) is 11.1. The first-order valence-corrected chi connectivity index (χ1v) is 7.37. The van der Waals surface area contributed by atoms with E-state index in [4.69, 9.17) is 10.5 Å². The summed E-state index contributed by atoms with van der Waals surface area (Å²) in [4.78, 5) is 0. The summed E-state index contributed by atoms with van der Waals surface area (Å²) >= 11 is 1.96. The molecule has 16 heavy (non-hydrogen) atoms. The summed E-state index contributed by atoms with van der Waals surface area (Å²) in [6, 6.07) is 0. The minimum atomic E-state index is -0.562. The van der Waals surface area contributed by atoms with Crippen LogP contribution >= 0.6 is 11.8 Å². The number of rotatable bonds is 8. The monoisotopic (exact) mass is 247 g/mol. The Kier molecular flexibility index (Phi) is 6.73. The van der Waals surface area contributed by atoms with Crippen molar-refractivity contribution >= 4 is 11.8 Å². The number of ether oxygens (including phenoxy) is 1. The molecule has 0 aromatic rings. The standard InChI is InChI=1S/C12H25NO2S/c1-15-7-3-8-16-9-5-11-4-2-6-12(11,14)10-13/h11,14H,2-10,13H2,1H3. The lowest BCUT2D eigenvalue weighted by Crippen LogP contribution is -2.41. The van der Waals surface area contributed by atoms with E-state index in [1.807, 2.05) is 11.8 Å². The molecule has 0 radical (unpaired) electrons. The van der Waals surface area contributed by atoms with Crippen LogP contribution in [0.1, 0.15) is 32.1 Å². The van der Waals surface area contributed by atoms with Crippen LogP contribution < -0.4 is 5.73 Å². The molecule has 1 rings (SSSR count). The van der Waals surface area contributed by atoms with Gasteiger partial charge >= 0.3 is 0 Å². The molecule has 1 fully saturated rings. The lowest BCUT2D eigenvalue weighted by molar-refractivity contribution is 0.0103. The third-order valence-corrected chi connectivity index (χ3v) is 4.63. The van der Waals surface area contributed by atoms with Crippen molar-refractivity contribution in [2.24, 2.45) is 11.7 Å². The van der Waals surface area contributed by atoms with Crippen molar-refractivity contribution in [1.82, 2.24) is 0 Å². The fourth-order valence-corrected chi connectivity index (χ4v) is 3.42. The summed E-state index contributed by atoms with van der Waals surface area (Å²) in [5.41, 5.74) is 5.09. The highest BCUT2D eigenvalue weighted by atomic mass is 32.2. The van der Waals surface area contributed by atoms with E-state index in [0.717, 1.165) is 50.2 Å². The molecular formula is C12H25NO2S. The highest BCUT2D eigenvalue weighted by Crippen LogP contribution is 2.37. The normalized spacial score (nSPS) is 29.8. The highest BCUT2D eigenvalue weighted by Gasteiger charge is 2.39. The van der Waals surface area contributed by atoms with E-state index in [1.54, 1.807) is 7.11 Å². The van der Waals surface area contributed by atoms with Crippen LogP contribution in [0.25, 0.3) is 0 Å².